The maximum Gasteiger partial charge on any atom is 0.272 e. The molecular formula is C34H30F6N4O10. The third-order valence-electron chi connectivity index (χ3n) is 7.24. The molecule has 4 aromatic rings. The Hall–Kier alpha value is -6.28. The second-order valence-electron chi connectivity index (χ2n) is 12.0. The van der Waals surface area contributed by atoms with Crippen LogP contribution in [0.2, 0.25) is 0 Å². The summed E-state index contributed by atoms with van der Waals surface area (Å²) in [4.78, 5) is 44.8. The molecule has 2 atom stereocenters. The van der Waals surface area contributed by atoms with Gasteiger partial charge in [-0.3, -0.25) is 29.8 Å². The second kappa shape index (κ2) is 17.0. The Morgan fingerprint density at radius 2 is 0.926 bits per heavy atom. The number of nitro groups is 2. The fourth-order valence-electron chi connectivity index (χ4n) is 4.22. The maximum absolute atomic E-state index is 13.1. The van der Waals surface area contributed by atoms with E-state index in [9.17, 15) is 66.4 Å². The molecular weight excluding hydrogens is 738 g/mol. The van der Waals surface area contributed by atoms with Crippen LogP contribution in [0.5, 0.6) is 11.5 Å². The molecule has 14 nitrogen and oxygen atoms in total. The van der Waals surface area contributed by atoms with Crippen molar-refractivity contribution in [1.82, 2.24) is 0 Å². The molecule has 2 amide bonds. The highest BCUT2D eigenvalue weighted by Crippen LogP contribution is 2.26. The average molecular weight is 769 g/mol. The van der Waals surface area contributed by atoms with Gasteiger partial charge in [-0.1, -0.05) is 0 Å². The van der Waals surface area contributed by atoms with Crippen LogP contribution in [0, 0.1) is 69.0 Å². The summed E-state index contributed by atoms with van der Waals surface area (Å²) < 4.78 is 88.4. The van der Waals surface area contributed by atoms with Crippen LogP contribution in [-0.2, 0) is 9.59 Å². The van der Waals surface area contributed by atoms with Crippen molar-refractivity contribution in [2.45, 2.75) is 38.9 Å². The maximum atomic E-state index is 13.1. The number of halogens is 6. The van der Waals surface area contributed by atoms with Crippen LogP contribution < -0.4 is 20.1 Å². The van der Waals surface area contributed by atoms with Gasteiger partial charge >= 0.3 is 0 Å². The second-order valence-corrected chi connectivity index (χ2v) is 12.0. The van der Waals surface area contributed by atoms with Gasteiger partial charge in [0.25, 0.3) is 23.2 Å². The minimum Gasteiger partial charge on any atom is -0.490 e. The molecule has 288 valence electrons. The summed E-state index contributed by atoms with van der Waals surface area (Å²) in [6, 6.07) is 9.95. The number of anilines is 2. The molecule has 0 aliphatic rings. The molecule has 0 aromatic heterocycles. The number of benzene rings is 4. The van der Waals surface area contributed by atoms with Crippen molar-refractivity contribution in [3.05, 3.63) is 127 Å². The van der Waals surface area contributed by atoms with Gasteiger partial charge in [-0.05, 0) is 52.0 Å². The van der Waals surface area contributed by atoms with Gasteiger partial charge in [0.2, 0.25) is 0 Å². The first kappa shape index (κ1) is 42.1. The average Bonchev–Trinajstić information content (AvgIpc) is 3.07. The summed E-state index contributed by atoms with van der Waals surface area (Å²) in [5.74, 6) is -11.9. The van der Waals surface area contributed by atoms with Crippen LogP contribution in [-0.4, -0.2) is 56.3 Å². The van der Waals surface area contributed by atoms with Crippen LogP contribution in [0.3, 0.4) is 0 Å². The molecule has 0 heterocycles. The number of carbonyl (C=O) groups excluding carboxylic acids is 2. The summed E-state index contributed by atoms with van der Waals surface area (Å²) in [6.07, 6.45) is 0. The Morgan fingerprint density at radius 1 is 0.630 bits per heavy atom. The fourth-order valence-corrected chi connectivity index (χ4v) is 4.22. The molecule has 0 fully saturated rings. The lowest BCUT2D eigenvalue weighted by Crippen LogP contribution is -2.45. The standard InChI is InChI=1S/2C17H15F3N2O5/c2*1-9-5-10(3-4-14(9)22(25)26)21-16(23)17(2,24)8-27-11-6-12(18)15(20)13(19)7-11/h2*3-7,24H,8H2,1-2H3,(H,21,23). The number of carbonyl (C=O) groups is 2. The van der Waals surface area contributed by atoms with Crippen molar-refractivity contribution in [1.29, 1.82) is 0 Å². The van der Waals surface area contributed by atoms with Gasteiger partial charge in [0.15, 0.2) is 46.1 Å². The number of nitro benzene ring substituents is 2. The van der Waals surface area contributed by atoms with Crippen molar-refractivity contribution in [2.75, 3.05) is 23.8 Å². The topological polar surface area (TPSA) is 203 Å². The van der Waals surface area contributed by atoms with Gasteiger partial charge in [0.1, 0.15) is 24.7 Å². The molecule has 0 bridgehead atoms. The third kappa shape index (κ3) is 10.9. The quantitative estimate of drug-likeness (QED) is 0.0558. The predicted octanol–water partition coefficient (Wildman–Crippen LogP) is 6.18. The van der Waals surface area contributed by atoms with E-state index in [1.54, 1.807) is 0 Å². The van der Waals surface area contributed by atoms with Gasteiger partial charge in [-0.25, -0.2) is 26.3 Å². The van der Waals surface area contributed by atoms with E-state index < -0.39 is 92.5 Å². The Labute approximate surface area is 301 Å². The molecule has 0 spiro atoms. The van der Waals surface area contributed by atoms with E-state index in [-0.39, 0.29) is 22.7 Å². The molecule has 0 saturated heterocycles. The zero-order valence-electron chi connectivity index (χ0n) is 28.5. The number of nitrogens with zero attached hydrogens (tertiary/aromatic N) is 2. The fraction of sp³-hybridized carbons (Fsp3) is 0.235. The highest BCUT2D eigenvalue weighted by Gasteiger charge is 2.33. The SMILES string of the molecule is Cc1cc(NC(=O)C(C)(O)COc2cc(F)c(F)c(F)c2)ccc1[N+](=O)[O-].Cc1cc(NC(=O)C(C)(O)COc2cc(F)c(F)c(F)c2)ccc1[N+](=O)[O-]. The number of rotatable bonds is 12. The van der Waals surface area contributed by atoms with Gasteiger partial charge in [-0.2, -0.15) is 0 Å². The van der Waals surface area contributed by atoms with Crippen LogP contribution in [0.1, 0.15) is 25.0 Å². The lowest BCUT2D eigenvalue weighted by molar-refractivity contribution is -0.385. The molecule has 0 aliphatic heterocycles. The Kier molecular flexibility index (Phi) is 13.3. The van der Waals surface area contributed by atoms with E-state index in [1.165, 1.54) is 50.2 Å². The van der Waals surface area contributed by atoms with Gasteiger partial charge in [-0.15, -0.1) is 0 Å². The molecule has 4 N–H and O–H groups in total. The van der Waals surface area contributed by atoms with E-state index in [4.69, 9.17) is 9.47 Å². The molecule has 0 radical (unpaired) electrons. The van der Waals surface area contributed by atoms with Gasteiger partial charge < -0.3 is 30.3 Å². The lowest BCUT2D eigenvalue weighted by atomic mass is 10.1. The van der Waals surface area contributed by atoms with E-state index >= 15 is 0 Å². The van der Waals surface area contributed by atoms with Gasteiger partial charge in [0.05, 0.1) is 9.85 Å². The smallest absolute Gasteiger partial charge is 0.272 e. The molecule has 2 unspecified atom stereocenters. The number of hydrogen-bond acceptors (Lipinski definition) is 10. The predicted molar refractivity (Wildman–Crippen MR) is 178 cm³/mol. The minimum atomic E-state index is -2.11. The first-order valence-corrected chi connectivity index (χ1v) is 15.1. The zero-order valence-corrected chi connectivity index (χ0v) is 28.5. The highest BCUT2D eigenvalue weighted by molar-refractivity contribution is 5.97. The largest absolute Gasteiger partial charge is 0.490 e. The number of hydrogen-bond donors (Lipinski definition) is 4. The van der Waals surface area contributed by atoms with E-state index in [1.807, 2.05) is 0 Å². The molecule has 0 saturated carbocycles. The molecule has 0 aliphatic carbocycles. The Bertz CT molecular complexity index is 1910. The first-order chi connectivity index (χ1) is 25.0. The van der Waals surface area contributed by atoms with Crippen LogP contribution in [0.4, 0.5) is 49.1 Å². The highest BCUT2D eigenvalue weighted by atomic mass is 19.2. The number of nitrogens with one attached hydrogen (secondary N) is 2. The summed E-state index contributed by atoms with van der Waals surface area (Å²) >= 11 is 0. The minimum absolute atomic E-state index is 0.136. The van der Waals surface area contributed by atoms with Crippen molar-refractivity contribution < 1.29 is 65.5 Å². The summed E-state index contributed by atoms with van der Waals surface area (Å²) in [5.41, 5.74) is -3.51. The number of aryl methyl sites for hydroxylation is 2. The molecule has 20 heteroatoms. The summed E-state index contributed by atoms with van der Waals surface area (Å²) in [5, 5.41) is 46.7. The molecule has 54 heavy (non-hydrogen) atoms. The first-order valence-electron chi connectivity index (χ1n) is 15.1. The Balaban J connectivity index is 0.000000290. The normalized spacial score (nSPS) is 13.0. The molecule has 4 aromatic carbocycles. The van der Waals surface area contributed by atoms with Crippen molar-refractivity contribution >= 4 is 34.6 Å². The van der Waals surface area contributed by atoms with Crippen molar-refractivity contribution in [3.8, 4) is 11.5 Å². The number of aliphatic hydroxyl groups is 2. The van der Waals surface area contributed by atoms with Crippen LogP contribution in [0.15, 0.2) is 60.7 Å². The van der Waals surface area contributed by atoms with Crippen molar-refractivity contribution in [3.63, 3.8) is 0 Å². The van der Waals surface area contributed by atoms with Crippen LogP contribution in [0.25, 0.3) is 0 Å². The van der Waals surface area contributed by atoms with E-state index in [0.717, 1.165) is 13.8 Å². The number of ether oxygens (including phenoxy) is 2. The summed E-state index contributed by atoms with van der Waals surface area (Å²) in [7, 11) is 0. The molecule has 4 rings (SSSR count). The van der Waals surface area contributed by atoms with Gasteiger partial charge in [0, 0.05) is 58.9 Å². The monoisotopic (exact) mass is 768 g/mol. The third-order valence-corrected chi connectivity index (χ3v) is 7.24. The van der Waals surface area contributed by atoms with E-state index in [2.05, 4.69) is 10.6 Å². The van der Waals surface area contributed by atoms with E-state index in [0.29, 0.717) is 35.4 Å². The lowest BCUT2D eigenvalue weighted by Gasteiger charge is -2.22. The van der Waals surface area contributed by atoms with Crippen molar-refractivity contribution in [2.24, 2.45) is 0 Å². The van der Waals surface area contributed by atoms with Crippen LogP contribution >= 0.6 is 0 Å². The zero-order chi connectivity index (χ0) is 40.7. The number of amides is 2. The Morgan fingerprint density at radius 3 is 1.19 bits per heavy atom. The summed E-state index contributed by atoms with van der Waals surface area (Å²) in [6.45, 7) is 3.78.